The summed E-state index contributed by atoms with van der Waals surface area (Å²) >= 11 is 6.58. The standard InChI is InChI=1S/C32H33ClF6N4/c1-6-23-13-21(4)29(27(33)14-23)41-30(24-15-25(31(34,35)36)17-26(16-24)32(37,38)39)43-12-8-11-42(18-43)22(5)40-28-19(2)9-7-10-20(28)3/h7,9-10,13-17H,6,8,11-12,18H2,1-5H3. The second-order valence-electron chi connectivity index (χ2n) is 10.7. The highest BCUT2D eigenvalue weighted by molar-refractivity contribution is 6.33. The molecule has 3 aromatic rings. The second kappa shape index (κ2) is 12.6. The van der Waals surface area contributed by atoms with Crippen LogP contribution in [0.1, 0.15) is 59.2 Å². The van der Waals surface area contributed by atoms with Crippen LogP contribution in [0.3, 0.4) is 0 Å². The number of halogens is 7. The zero-order chi connectivity index (χ0) is 31.7. The number of alkyl halides is 6. The van der Waals surface area contributed by atoms with Crippen LogP contribution in [0.25, 0.3) is 0 Å². The van der Waals surface area contributed by atoms with Gasteiger partial charge in [-0.25, -0.2) is 9.98 Å². The van der Waals surface area contributed by atoms with Crippen LogP contribution in [-0.2, 0) is 18.8 Å². The molecule has 0 aromatic heterocycles. The first-order valence-corrected chi connectivity index (χ1v) is 14.2. The number of aryl methyl sites for hydroxylation is 4. The van der Waals surface area contributed by atoms with Gasteiger partial charge in [0.15, 0.2) is 0 Å². The normalized spacial score (nSPS) is 15.3. The lowest BCUT2D eigenvalue weighted by atomic mass is 10.0. The molecular weight excluding hydrogens is 590 g/mol. The Morgan fingerprint density at radius 1 is 0.791 bits per heavy atom. The second-order valence-corrected chi connectivity index (χ2v) is 11.2. The monoisotopic (exact) mass is 622 g/mol. The van der Waals surface area contributed by atoms with Gasteiger partial charge in [-0.2, -0.15) is 26.3 Å². The molecule has 11 heteroatoms. The largest absolute Gasteiger partial charge is 0.416 e. The quantitative estimate of drug-likeness (QED) is 0.165. The number of aliphatic imine (C=N–C) groups is 2. The van der Waals surface area contributed by atoms with E-state index >= 15 is 0 Å². The van der Waals surface area contributed by atoms with Gasteiger partial charge in [-0.3, -0.25) is 0 Å². The summed E-state index contributed by atoms with van der Waals surface area (Å²) in [5.41, 5.74) is 1.56. The SMILES string of the molecule is CCc1cc(C)c(N=C(c2cc(C(F)(F)F)cc(C(F)(F)F)c2)N2CCCN(C(C)=Nc3c(C)cccc3C)C2)c(Cl)c1. The number of para-hydroxylation sites is 1. The van der Waals surface area contributed by atoms with Gasteiger partial charge < -0.3 is 9.80 Å². The fourth-order valence-corrected chi connectivity index (χ4v) is 5.44. The van der Waals surface area contributed by atoms with E-state index in [2.05, 4.69) is 4.99 Å². The molecule has 1 aliphatic heterocycles. The molecular formula is C32H33ClF6N4. The summed E-state index contributed by atoms with van der Waals surface area (Å²) in [7, 11) is 0. The van der Waals surface area contributed by atoms with E-state index in [4.69, 9.17) is 16.6 Å². The van der Waals surface area contributed by atoms with Gasteiger partial charge in [-0.05, 0) is 87.1 Å². The molecule has 0 bridgehead atoms. The minimum atomic E-state index is -5.00. The first-order chi connectivity index (χ1) is 20.1. The molecule has 0 amide bonds. The molecule has 1 aliphatic rings. The molecule has 0 atom stereocenters. The topological polar surface area (TPSA) is 31.2 Å². The minimum absolute atomic E-state index is 0.0320. The highest BCUT2D eigenvalue weighted by Crippen LogP contribution is 2.38. The smallest absolute Gasteiger partial charge is 0.342 e. The van der Waals surface area contributed by atoms with Crippen molar-refractivity contribution < 1.29 is 26.3 Å². The van der Waals surface area contributed by atoms with E-state index in [1.54, 1.807) is 17.9 Å². The molecule has 0 saturated carbocycles. The Labute approximate surface area is 252 Å². The molecule has 0 unspecified atom stereocenters. The van der Waals surface area contributed by atoms with Crippen LogP contribution < -0.4 is 0 Å². The maximum absolute atomic E-state index is 13.9. The van der Waals surface area contributed by atoms with E-state index in [0.717, 1.165) is 22.4 Å². The average Bonchev–Trinajstić information content (AvgIpc) is 2.93. The fourth-order valence-electron chi connectivity index (χ4n) is 5.11. The van der Waals surface area contributed by atoms with Crippen LogP contribution >= 0.6 is 11.6 Å². The summed E-state index contributed by atoms with van der Waals surface area (Å²) in [5.74, 6) is 0.637. The van der Waals surface area contributed by atoms with Gasteiger partial charge >= 0.3 is 12.4 Å². The summed E-state index contributed by atoms with van der Waals surface area (Å²) in [6, 6.07) is 11.0. The van der Waals surface area contributed by atoms with Gasteiger partial charge in [-0.1, -0.05) is 42.8 Å². The van der Waals surface area contributed by atoms with Gasteiger partial charge in [0.05, 0.1) is 34.2 Å². The first-order valence-electron chi connectivity index (χ1n) is 13.9. The van der Waals surface area contributed by atoms with Crippen molar-refractivity contribution in [1.29, 1.82) is 0 Å². The molecule has 0 spiro atoms. The van der Waals surface area contributed by atoms with Crippen molar-refractivity contribution in [2.45, 2.75) is 59.8 Å². The molecule has 1 saturated heterocycles. The lowest BCUT2D eigenvalue weighted by molar-refractivity contribution is -0.143. The summed E-state index contributed by atoms with van der Waals surface area (Å²) in [6.45, 7) is 10.6. The Kier molecular flexibility index (Phi) is 9.49. The van der Waals surface area contributed by atoms with Crippen LogP contribution in [-0.4, -0.2) is 41.2 Å². The summed E-state index contributed by atoms with van der Waals surface area (Å²) < 4.78 is 83.1. The Morgan fingerprint density at radius 2 is 1.37 bits per heavy atom. The molecule has 1 fully saturated rings. The molecule has 0 aliphatic carbocycles. The number of rotatable bonds is 4. The highest BCUT2D eigenvalue weighted by atomic mass is 35.5. The first kappa shape index (κ1) is 32.4. The lowest BCUT2D eigenvalue weighted by Crippen LogP contribution is -2.49. The Balaban J connectivity index is 1.87. The van der Waals surface area contributed by atoms with Crippen LogP contribution in [0.2, 0.25) is 5.02 Å². The van der Waals surface area contributed by atoms with E-state index in [0.29, 0.717) is 49.5 Å². The summed E-state index contributed by atoms with van der Waals surface area (Å²) in [5, 5.41) is 0.263. The predicted molar refractivity (Wildman–Crippen MR) is 160 cm³/mol. The predicted octanol–water partition coefficient (Wildman–Crippen LogP) is 9.66. The fraction of sp³-hybridized carbons (Fsp3) is 0.375. The van der Waals surface area contributed by atoms with Crippen LogP contribution in [0, 0.1) is 20.8 Å². The van der Waals surface area contributed by atoms with Crippen molar-refractivity contribution >= 4 is 34.6 Å². The molecule has 0 N–H and O–H groups in total. The molecule has 4 rings (SSSR count). The Bertz CT molecular complexity index is 1480. The van der Waals surface area contributed by atoms with Gasteiger partial charge in [0, 0.05) is 18.7 Å². The van der Waals surface area contributed by atoms with Crippen molar-refractivity contribution in [3.8, 4) is 0 Å². The van der Waals surface area contributed by atoms with Gasteiger partial charge in [-0.15, -0.1) is 0 Å². The van der Waals surface area contributed by atoms with Gasteiger partial charge in [0.25, 0.3) is 0 Å². The summed E-state index contributed by atoms with van der Waals surface area (Å²) in [6.07, 6.45) is -8.73. The number of benzene rings is 3. The van der Waals surface area contributed by atoms with Crippen molar-refractivity contribution in [3.05, 3.63) is 92.5 Å². The van der Waals surface area contributed by atoms with E-state index in [1.807, 2.05) is 56.9 Å². The summed E-state index contributed by atoms with van der Waals surface area (Å²) in [4.78, 5) is 13.1. The van der Waals surface area contributed by atoms with Crippen molar-refractivity contribution in [2.24, 2.45) is 9.98 Å². The van der Waals surface area contributed by atoms with E-state index < -0.39 is 23.5 Å². The van der Waals surface area contributed by atoms with Gasteiger partial charge in [0.1, 0.15) is 11.7 Å². The maximum atomic E-state index is 13.9. The molecule has 4 nitrogen and oxygen atoms in total. The van der Waals surface area contributed by atoms with Crippen LogP contribution in [0.5, 0.6) is 0 Å². The molecule has 3 aromatic carbocycles. The third kappa shape index (κ3) is 7.52. The van der Waals surface area contributed by atoms with Crippen LogP contribution in [0.4, 0.5) is 37.7 Å². The maximum Gasteiger partial charge on any atom is 0.416 e. The molecule has 230 valence electrons. The zero-order valence-corrected chi connectivity index (χ0v) is 25.3. The lowest BCUT2D eigenvalue weighted by Gasteiger charge is -2.39. The molecule has 0 radical (unpaired) electrons. The Hall–Kier alpha value is -3.53. The zero-order valence-electron chi connectivity index (χ0n) is 24.6. The number of nitrogens with zero attached hydrogens (tertiary/aromatic N) is 4. The van der Waals surface area contributed by atoms with Crippen LogP contribution in [0.15, 0.2) is 58.5 Å². The number of hydrogen-bond donors (Lipinski definition) is 0. The highest BCUT2D eigenvalue weighted by Gasteiger charge is 2.38. The Morgan fingerprint density at radius 3 is 1.91 bits per heavy atom. The third-order valence-corrected chi connectivity index (χ3v) is 7.74. The van der Waals surface area contributed by atoms with E-state index in [1.165, 1.54) is 0 Å². The van der Waals surface area contributed by atoms with Gasteiger partial charge in [0.2, 0.25) is 0 Å². The van der Waals surface area contributed by atoms with E-state index in [-0.39, 0.29) is 34.8 Å². The van der Waals surface area contributed by atoms with Crippen molar-refractivity contribution in [3.63, 3.8) is 0 Å². The number of amidine groups is 2. The number of hydrogen-bond acceptors (Lipinski definition) is 2. The van der Waals surface area contributed by atoms with Crippen molar-refractivity contribution in [1.82, 2.24) is 9.80 Å². The van der Waals surface area contributed by atoms with E-state index in [9.17, 15) is 26.3 Å². The van der Waals surface area contributed by atoms with Crippen molar-refractivity contribution in [2.75, 3.05) is 19.8 Å². The molecule has 1 heterocycles. The third-order valence-electron chi connectivity index (χ3n) is 7.45. The minimum Gasteiger partial charge on any atom is -0.342 e. The average molecular weight is 623 g/mol. The molecule has 43 heavy (non-hydrogen) atoms.